The Kier molecular flexibility index (Phi) is 2.43. The molecule has 0 unspecified atom stereocenters. The first kappa shape index (κ1) is 11.6. The van der Waals surface area contributed by atoms with Crippen molar-refractivity contribution in [2.75, 3.05) is 5.75 Å². The number of thioether (sulfide) groups is 1. The third-order valence-electron chi connectivity index (χ3n) is 3.42. The average molecular weight is 268 g/mol. The summed E-state index contributed by atoms with van der Waals surface area (Å²) < 4.78 is 6.26. The number of ether oxygens (including phenoxy) is 1. The summed E-state index contributed by atoms with van der Waals surface area (Å²) in [7, 11) is 0. The van der Waals surface area contributed by atoms with Crippen LogP contribution in [0.2, 0.25) is 0 Å². The zero-order valence-corrected chi connectivity index (χ0v) is 10.3. The maximum atomic E-state index is 11.8. The van der Waals surface area contributed by atoms with Crippen LogP contribution in [0.1, 0.15) is 12.6 Å². The van der Waals surface area contributed by atoms with Crippen molar-refractivity contribution < 1.29 is 9.84 Å². The highest BCUT2D eigenvalue weighted by molar-refractivity contribution is 8.02. The maximum absolute atomic E-state index is 11.8. The van der Waals surface area contributed by atoms with E-state index in [1.807, 2.05) is 0 Å². The molecule has 0 amide bonds. The van der Waals surface area contributed by atoms with Crippen LogP contribution in [-0.4, -0.2) is 31.3 Å². The lowest BCUT2D eigenvalue weighted by molar-refractivity contribution is 0.0657. The normalized spacial score (nSPS) is 34.4. The van der Waals surface area contributed by atoms with Gasteiger partial charge in [0.25, 0.3) is 5.56 Å². The van der Waals surface area contributed by atoms with Crippen molar-refractivity contribution >= 4 is 11.8 Å². The fourth-order valence-electron chi connectivity index (χ4n) is 2.37. The molecule has 2 aliphatic rings. The van der Waals surface area contributed by atoms with Crippen molar-refractivity contribution in [2.24, 2.45) is 0 Å². The van der Waals surface area contributed by atoms with Gasteiger partial charge >= 0.3 is 5.69 Å². The van der Waals surface area contributed by atoms with E-state index in [1.165, 1.54) is 16.8 Å². The van der Waals surface area contributed by atoms with Crippen molar-refractivity contribution in [1.82, 2.24) is 9.55 Å². The van der Waals surface area contributed by atoms with Crippen LogP contribution in [0.4, 0.5) is 0 Å². The Morgan fingerprint density at radius 3 is 2.89 bits per heavy atom. The van der Waals surface area contributed by atoms with E-state index in [9.17, 15) is 14.7 Å². The molecule has 1 aromatic rings. The summed E-state index contributed by atoms with van der Waals surface area (Å²) in [5.74, 6) is 1.17. The van der Waals surface area contributed by atoms with Gasteiger partial charge in [-0.1, -0.05) is 6.58 Å². The first-order valence-electron chi connectivity index (χ1n) is 5.53. The largest absolute Gasteiger partial charge is 0.471 e. The van der Waals surface area contributed by atoms with Crippen molar-refractivity contribution in [3.8, 4) is 0 Å². The van der Waals surface area contributed by atoms with Gasteiger partial charge in [-0.15, -0.1) is 11.8 Å². The summed E-state index contributed by atoms with van der Waals surface area (Å²) in [6, 6.07) is 1.26. The molecule has 0 saturated carbocycles. The number of hydrogen-bond acceptors (Lipinski definition) is 5. The van der Waals surface area contributed by atoms with Crippen LogP contribution in [0, 0.1) is 0 Å². The second kappa shape index (κ2) is 3.76. The Bertz CT molecular complexity index is 616. The molecular weight excluding hydrogens is 256 g/mol. The Morgan fingerprint density at radius 2 is 2.33 bits per heavy atom. The quantitative estimate of drug-likeness (QED) is 0.738. The van der Waals surface area contributed by atoms with E-state index in [0.29, 0.717) is 0 Å². The lowest BCUT2D eigenvalue weighted by atomic mass is 9.96. The van der Waals surface area contributed by atoms with Gasteiger partial charge in [-0.3, -0.25) is 14.3 Å². The SMILES string of the molecule is C=C1O[C@@H](n2ccc(=O)[nH]c2=O)[C@@]2(CCS2)[C@@H]1O. The van der Waals surface area contributed by atoms with Gasteiger partial charge in [0.05, 0.1) is 0 Å². The van der Waals surface area contributed by atoms with Crippen LogP contribution in [0.15, 0.2) is 34.2 Å². The monoisotopic (exact) mass is 268 g/mol. The summed E-state index contributed by atoms with van der Waals surface area (Å²) in [5, 5.41) is 10.1. The predicted octanol–water partition coefficient (Wildman–Crippen LogP) is -0.184. The van der Waals surface area contributed by atoms with Crippen molar-refractivity contribution in [3.63, 3.8) is 0 Å². The molecule has 7 heteroatoms. The van der Waals surface area contributed by atoms with Gasteiger partial charge in [0.2, 0.25) is 0 Å². The topological polar surface area (TPSA) is 84.3 Å². The third kappa shape index (κ3) is 1.40. The molecule has 6 nitrogen and oxygen atoms in total. The highest BCUT2D eigenvalue weighted by Gasteiger charge is 2.59. The molecule has 2 saturated heterocycles. The Labute approximate surface area is 106 Å². The van der Waals surface area contributed by atoms with Crippen LogP contribution >= 0.6 is 11.8 Å². The molecule has 2 N–H and O–H groups in total. The number of aromatic nitrogens is 2. The van der Waals surface area contributed by atoms with E-state index in [0.717, 1.165) is 12.2 Å². The Hall–Kier alpha value is -1.47. The number of nitrogens with one attached hydrogen (secondary N) is 1. The van der Waals surface area contributed by atoms with E-state index < -0.39 is 28.3 Å². The van der Waals surface area contributed by atoms with Crippen LogP contribution in [-0.2, 0) is 4.74 Å². The standard InChI is InChI=1S/C11H12N2O4S/c1-6-8(15)11(3-5-18-11)9(17-6)13-4-2-7(14)12-10(13)16/h2,4,8-9,15H,1,3,5H2,(H,12,14,16)/t8-,9-,11-/m1/s1. The van der Waals surface area contributed by atoms with Gasteiger partial charge < -0.3 is 9.84 Å². The third-order valence-corrected chi connectivity index (χ3v) is 4.99. The van der Waals surface area contributed by atoms with Crippen molar-refractivity contribution in [3.05, 3.63) is 45.4 Å². The first-order valence-corrected chi connectivity index (χ1v) is 6.52. The van der Waals surface area contributed by atoms with Crippen LogP contribution in [0.3, 0.4) is 0 Å². The second-order valence-corrected chi connectivity index (χ2v) is 5.87. The predicted molar refractivity (Wildman–Crippen MR) is 66.4 cm³/mol. The van der Waals surface area contributed by atoms with Crippen molar-refractivity contribution in [1.29, 1.82) is 0 Å². The smallest absolute Gasteiger partial charge is 0.331 e. The van der Waals surface area contributed by atoms with Gasteiger partial charge in [0.1, 0.15) is 16.6 Å². The molecule has 0 aromatic carbocycles. The zero-order valence-electron chi connectivity index (χ0n) is 9.46. The first-order chi connectivity index (χ1) is 8.54. The number of hydrogen-bond donors (Lipinski definition) is 2. The number of aliphatic hydroxyl groups excluding tert-OH is 1. The molecule has 3 heterocycles. The van der Waals surface area contributed by atoms with Gasteiger partial charge in [-0.05, 0) is 12.2 Å². The maximum Gasteiger partial charge on any atom is 0.331 e. The summed E-state index contributed by atoms with van der Waals surface area (Å²) in [5.41, 5.74) is -0.995. The number of aromatic amines is 1. The lowest BCUT2D eigenvalue weighted by Gasteiger charge is -2.42. The summed E-state index contributed by atoms with van der Waals surface area (Å²) in [4.78, 5) is 25.0. The fourth-order valence-corrected chi connectivity index (χ4v) is 3.64. The number of H-pyrrole nitrogens is 1. The van der Waals surface area contributed by atoms with Crippen LogP contribution in [0.5, 0.6) is 0 Å². The zero-order chi connectivity index (χ0) is 12.9. The Morgan fingerprint density at radius 1 is 1.61 bits per heavy atom. The number of aliphatic hydroxyl groups is 1. The summed E-state index contributed by atoms with van der Waals surface area (Å²) in [6.45, 7) is 3.66. The molecule has 1 spiro atoms. The molecular formula is C11H12N2O4S. The number of rotatable bonds is 1. The number of nitrogens with zero attached hydrogens (tertiary/aromatic N) is 1. The van der Waals surface area contributed by atoms with Crippen molar-refractivity contribution in [2.45, 2.75) is 23.5 Å². The van der Waals surface area contributed by atoms with E-state index in [1.54, 1.807) is 11.8 Å². The molecule has 0 aliphatic carbocycles. The van der Waals surface area contributed by atoms with Crippen LogP contribution in [0.25, 0.3) is 0 Å². The van der Waals surface area contributed by atoms with E-state index in [-0.39, 0.29) is 5.76 Å². The highest BCUT2D eigenvalue weighted by atomic mass is 32.2. The van der Waals surface area contributed by atoms with E-state index >= 15 is 0 Å². The Balaban J connectivity index is 2.09. The van der Waals surface area contributed by atoms with Gasteiger partial charge in [-0.25, -0.2) is 4.79 Å². The minimum Gasteiger partial charge on any atom is -0.471 e. The minimum absolute atomic E-state index is 0.269. The van der Waals surface area contributed by atoms with E-state index in [2.05, 4.69) is 11.6 Å². The molecule has 3 atom stereocenters. The lowest BCUT2D eigenvalue weighted by Crippen LogP contribution is -2.50. The fraction of sp³-hybridized carbons (Fsp3) is 0.455. The van der Waals surface area contributed by atoms with Crippen LogP contribution < -0.4 is 11.2 Å². The summed E-state index contributed by atoms with van der Waals surface area (Å²) in [6.07, 6.45) is 0.717. The molecule has 2 fully saturated rings. The summed E-state index contributed by atoms with van der Waals surface area (Å²) >= 11 is 1.56. The molecule has 0 bridgehead atoms. The average Bonchev–Trinajstić information content (AvgIpc) is 2.51. The molecule has 0 radical (unpaired) electrons. The van der Waals surface area contributed by atoms with Gasteiger partial charge in [0.15, 0.2) is 6.23 Å². The van der Waals surface area contributed by atoms with Gasteiger partial charge in [0, 0.05) is 12.3 Å². The minimum atomic E-state index is -0.792. The molecule has 96 valence electrons. The molecule has 18 heavy (non-hydrogen) atoms. The molecule has 1 aromatic heterocycles. The second-order valence-electron chi connectivity index (χ2n) is 4.41. The molecule has 3 rings (SSSR count). The van der Waals surface area contributed by atoms with Gasteiger partial charge in [-0.2, -0.15) is 0 Å². The highest BCUT2D eigenvalue weighted by Crippen LogP contribution is 2.57. The van der Waals surface area contributed by atoms with E-state index in [4.69, 9.17) is 4.74 Å². The molecule has 2 aliphatic heterocycles.